The largest absolute Gasteiger partial charge is 0.364 e. The summed E-state index contributed by atoms with van der Waals surface area (Å²) in [5, 5.41) is 3.90. The highest BCUT2D eigenvalue weighted by atomic mass is 35.5. The van der Waals surface area contributed by atoms with Gasteiger partial charge in [-0.05, 0) is 12.8 Å². The van der Waals surface area contributed by atoms with Crippen LogP contribution in [0, 0.1) is 0 Å². The number of nitrogens with two attached hydrogens (primary N) is 1. The van der Waals surface area contributed by atoms with E-state index in [1.165, 1.54) is 0 Å². The summed E-state index contributed by atoms with van der Waals surface area (Å²) in [5.74, 6) is 1.38. The molecule has 2 aromatic rings. The molecule has 3 rings (SSSR count). The van der Waals surface area contributed by atoms with E-state index >= 15 is 0 Å². The number of hydrogen-bond donors (Lipinski definition) is 1. The lowest BCUT2D eigenvalue weighted by atomic mass is 9.78. The second kappa shape index (κ2) is 7.59. The minimum absolute atomic E-state index is 0. The zero-order valence-electron chi connectivity index (χ0n) is 11.7. The van der Waals surface area contributed by atoms with Gasteiger partial charge in [0.1, 0.15) is 24.1 Å². The molecular formula is C13H19Cl2N5O. The van der Waals surface area contributed by atoms with Crippen LogP contribution in [0.5, 0.6) is 0 Å². The summed E-state index contributed by atoms with van der Waals surface area (Å²) in [5.41, 5.74) is 7.79. The molecule has 0 atom stereocenters. The van der Waals surface area contributed by atoms with Gasteiger partial charge in [-0.2, -0.15) is 0 Å². The van der Waals surface area contributed by atoms with Gasteiger partial charge in [0.05, 0.1) is 6.54 Å². The average molecular weight is 332 g/mol. The Hall–Kier alpha value is -1.37. The quantitative estimate of drug-likeness (QED) is 0.924. The van der Waals surface area contributed by atoms with Crippen molar-refractivity contribution >= 4 is 30.6 Å². The van der Waals surface area contributed by atoms with Crippen LogP contribution in [-0.4, -0.2) is 28.2 Å². The fourth-order valence-corrected chi connectivity index (χ4v) is 2.34. The number of halogens is 2. The van der Waals surface area contributed by atoms with Gasteiger partial charge in [0.25, 0.3) is 0 Å². The molecule has 0 aliphatic heterocycles. The lowest BCUT2D eigenvalue weighted by molar-refractivity contribution is 0.345. The Labute approximate surface area is 135 Å². The molecule has 0 saturated heterocycles. The van der Waals surface area contributed by atoms with Gasteiger partial charge in [-0.15, -0.1) is 24.8 Å². The van der Waals surface area contributed by atoms with Crippen molar-refractivity contribution in [3.8, 4) is 0 Å². The molecule has 8 heteroatoms. The smallest absolute Gasteiger partial charge is 0.132 e. The first-order valence-electron chi connectivity index (χ1n) is 6.40. The minimum Gasteiger partial charge on any atom is -0.364 e. The first-order chi connectivity index (χ1) is 9.22. The maximum atomic E-state index is 5.82. The zero-order valence-corrected chi connectivity index (χ0v) is 13.3. The van der Waals surface area contributed by atoms with Crippen molar-refractivity contribution < 1.29 is 4.52 Å². The third-order valence-electron chi connectivity index (χ3n) is 3.55. The molecule has 0 spiro atoms. The highest BCUT2D eigenvalue weighted by molar-refractivity contribution is 5.85. The van der Waals surface area contributed by atoms with Crippen LogP contribution >= 0.6 is 24.8 Å². The Kier molecular flexibility index (Phi) is 6.39. The molecule has 1 saturated carbocycles. The molecule has 116 valence electrons. The monoisotopic (exact) mass is 331 g/mol. The molecule has 1 aliphatic carbocycles. The maximum absolute atomic E-state index is 5.82. The Morgan fingerprint density at radius 1 is 1.33 bits per heavy atom. The van der Waals surface area contributed by atoms with Crippen molar-refractivity contribution in [2.24, 2.45) is 5.73 Å². The number of nitrogens with zero attached hydrogens (tertiary/aromatic N) is 4. The van der Waals surface area contributed by atoms with Gasteiger partial charge in [0.15, 0.2) is 0 Å². The highest BCUT2D eigenvalue weighted by Gasteiger charge is 2.28. The number of anilines is 1. The second-order valence-corrected chi connectivity index (χ2v) is 5.08. The van der Waals surface area contributed by atoms with Gasteiger partial charge in [-0.3, -0.25) is 0 Å². The van der Waals surface area contributed by atoms with Crippen molar-refractivity contribution in [3.63, 3.8) is 0 Å². The Morgan fingerprint density at radius 3 is 2.71 bits per heavy atom. The zero-order chi connectivity index (χ0) is 13.2. The van der Waals surface area contributed by atoms with E-state index < -0.39 is 0 Å². The fourth-order valence-electron chi connectivity index (χ4n) is 2.34. The van der Waals surface area contributed by atoms with Crippen LogP contribution in [-0.2, 0) is 6.54 Å². The van der Waals surface area contributed by atoms with E-state index in [2.05, 4.69) is 15.1 Å². The summed E-state index contributed by atoms with van der Waals surface area (Å²) in [6.07, 6.45) is 5.23. The molecule has 1 aliphatic rings. The van der Waals surface area contributed by atoms with Crippen LogP contribution < -0.4 is 10.6 Å². The van der Waals surface area contributed by atoms with E-state index in [0.29, 0.717) is 18.5 Å². The molecular weight excluding hydrogens is 313 g/mol. The van der Waals surface area contributed by atoms with Gasteiger partial charge in [-0.1, -0.05) is 5.16 Å². The van der Waals surface area contributed by atoms with Crippen molar-refractivity contribution in [1.29, 1.82) is 0 Å². The lowest BCUT2D eigenvalue weighted by Crippen LogP contribution is -2.35. The predicted molar refractivity (Wildman–Crippen MR) is 85.1 cm³/mol. The van der Waals surface area contributed by atoms with Crippen molar-refractivity contribution in [2.75, 3.05) is 11.9 Å². The van der Waals surface area contributed by atoms with E-state index in [1.807, 2.05) is 24.1 Å². The van der Waals surface area contributed by atoms with E-state index in [-0.39, 0.29) is 24.8 Å². The molecule has 0 bridgehead atoms. The molecule has 1 fully saturated rings. The van der Waals surface area contributed by atoms with Crippen LogP contribution in [0.2, 0.25) is 0 Å². The Morgan fingerprint density at radius 2 is 2.10 bits per heavy atom. The van der Waals surface area contributed by atoms with Crippen molar-refractivity contribution in [2.45, 2.75) is 31.3 Å². The van der Waals surface area contributed by atoms with E-state index in [1.54, 1.807) is 12.6 Å². The van der Waals surface area contributed by atoms with Crippen LogP contribution in [0.1, 0.15) is 30.1 Å². The first-order valence-corrected chi connectivity index (χ1v) is 6.40. The standard InChI is InChI=1S/C13H17N5O.2ClH/c1-18(7-11-2-3-19-17-11)13-6-12(15-8-16-13)9-4-10(14)5-9;;/h2-3,6,8-10H,4-5,7,14H2,1H3;2*1H. The minimum atomic E-state index is 0. The summed E-state index contributed by atoms with van der Waals surface area (Å²) in [7, 11) is 1.98. The van der Waals surface area contributed by atoms with Crippen LogP contribution in [0.3, 0.4) is 0 Å². The molecule has 21 heavy (non-hydrogen) atoms. The van der Waals surface area contributed by atoms with Gasteiger partial charge < -0.3 is 15.2 Å². The predicted octanol–water partition coefficient (Wildman–Crippen LogP) is 2.15. The maximum Gasteiger partial charge on any atom is 0.132 e. The van der Waals surface area contributed by atoms with E-state index in [4.69, 9.17) is 10.3 Å². The van der Waals surface area contributed by atoms with Gasteiger partial charge in [0.2, 0.25) is 0 Å². The normalized spacial score (nSPS) is 19.9. The van der Waals surface area contributed by atoms with Gasteiger partial charge in [0, 0.05) is 36.8 Å². The molecule has 2 N–H and O–H groups in total. The van der Waals surface area contributed by atoms with Crippen LogP contribution in [0.15, 0.2) is 29.2 Å². The Bertz CT molecular complexity index is 545. The third-order valence-corrected chi connectivity index (χ3v) is 3.55. The third kappa shape index (κ3) is 4.06. The van der Waals surface area contributed by atoms with Crippen LogP contribution in [0.25, 0.3) is 0 Å². The molecule has 0 aromatic carbocycles. The number of hydrogen-bond acceptors (Lipinski definition) is 6. The van der Waals surface area contributed by atoms with E-state index in [9.17, 15) is 0 Å². The van der Waals surface area contributed by atoms with Crippen molar-refractivity contribution in [3.05, 3.63) is 36.1 Å². The summed E-state index contributed by atoms with van der Waals surface area (Å²) in [4.78, 5) is 10.7. The average Bonchev–Trinajstić information content (AvgIpc) is 2.88. The second-order valence-electron chi connectivity index (χ2n) is 5.08. The molecule has 6 nitrogen and oxygen atoms in total. The lowest BCUT2D eigenvalue weighted by Gasteiger charge is -2.32. The number of aromatic nitrogens is 3. The van der Waals surface area contributed by atoms with Crippen molar-refractivity contribution in [1.82, 2.24) is 15.1 Å². The Balaban J connectivity index is 0.00000110. The summed E-state index contributed by atoms with van der Waals surface area (Å²) in [6, 6.07) is 4.22. The fraction of sp³-hybridized carbons (Fsp3) is 0.462. The number of rotatable bonds is 4. The van der Waals surface area contributed by atoms with E-state index in [0.717, 1.165) is 30.0 Å². The first kappa shape index (κ1) is 17.7. The topological polar surface area (TPSA) is 81.1 Å². The SMILES string of the molecule is CN(Cc1ccon1)c1cc(C2CC(N)C2)ncn1.Cl.Cl. The summed E-state index contributed by atoms with van der Waals surface area (Å²) in [6.45, 7) is 0.664. The summed E-state index contributed by atoms with van der Waals surface area (Å²) >= 11 is 0. The van der Waals surface area contributed by atoms with Gasteiger partial charge >= 0.3 is 0 Å². The summed E-state index contributed by atoms with van der Waals surface area (Å²) < 4.78 is 4.83. The molecule has 0 amide bonds. The van der Waals surface area contributed by atoms with Crippen LogP contribution in [0.4, 0.5) is 5.82 Å². The molecule has 0 radical (unpaired) electrons. The van der Waals surface area contributed by atoms with Gasteiger partial charge in [-0.25, -0.2) is 9.97 Å². The molecule has 0 unspecified atom stereocenters. The highest BCUT2D eigenvalue weighted by Crippen LogP contribution is 2.35. The molecule has 2 heterocycles. The molecule has 2 aromatic heterocycles.